The van der Waals surface area contributed by atoms with Crippen LogP contribution >= 0.6 is 0 Å². The molecule has 1 atom stereocenters. The number of allylic oxidation sites excluding steroid dienone is 1. The predicted octanol–water partition coefficient (Wildman–Crippen LogP) is 4.72. The summed E-state index contributed by atoms with van der Waals surface area (Å²) in [5.74, 6) is 2.67. The molecule has 0 fully saturated rings. The molecule has 3 heteroatoms. The van der Waals surface area contributed by atoms with E-state index in [-0.39, 0.29) is 5.92 Å². The summed E-state index contributed by atoms with van der Waals surface area (Å²) in [5.41, 5.74) is 1.20. The minimum atomic E-state index is -0.546. The quantitative estimate of drug-likeness (QED) is 0.606. The first kappa shape index (κ1) is 15.9. The Labute approximate surface area is 131 Å². The van der Waals surface area contributed by atoms with Gasteiger partial charge in [0.2, 0.25) is 0 Å². The number of aromatic nitrogens is 1. The van der Waals surface area contributed by atoms with Crippen molar-refractivity contribution in [3.63, 3.8) is 0 Å². The van der Waals surface area contributed by atoms with Gasteiger partial charge in [-0.15, -0.1) is 13.0 Å². The fourth-order valence-electron chi connectivity index (χ4n) is 2.40. The van der Waals surface area contributed by atoms with Crippen LogP contribution in [-0.2, 0) is 4.74 Å². The second-order valence-electron chi connectivity index (χ2n) is 6.20. The van der Waals surface area contributed by atoms with Crippen LogP contribution in [0.5, 0.6) is 0 Å². The summed E-state index contributed by atoms with van der Waals surface area (Å²) in [4.78, 5) is 12.4. The van der Waals surface area contributed by atoms with Crippen LogP contribution in [0.1, 0.15) is 38.7 Å². The van der Waals surface area contributed by atoms with Crippen molar-refractivity contribution in [1.82, 2.24) is 4.57 Å². The van der Waals surface area contributed by atoms with Gasteiger partial charge in [-0.2, -0.15) is 0 Å². The molecule has 1 aromatic carbocycles. The van der Waals surface area contributed by atoms with E-state index in [0.29, 0.717) is 6.42 Å². The summed E-state index contributed by atoms with van der Waals surface area (Å²) in [6, 6.07) is 7.70. The van der Waals surface area contributed by atoms with Crippen LogP contribution in [0.3, 0.4) is 0 Å². The molecular weight excluding hydrogens is 274 g/mol. The molecule has 0 saturated carbocycles. The zero-order valence-electron chi connectivity index (χ0n) is 13.3. The van der Waals surface area contributed by atoms with E-state index in [1.807, 2.05) is 45.0 Å². The van der Waals surface area contributed by atoms with Gasteiger partial charge < -0.3 is 4.74 Å². The Morgan fingerprint density at radius 1 is 1.45 bits per heavy atom. The average Bonchev–Trinajstić information content (AvgIpc) is 2.82. The Hall–Kier alpha value is -2.47. The summed E-state index contributed by atoms with van der Waals surface area (Å²) < 4.78 is 7.00. The van der Waals surface area contributed by atoms with E-state index >= 15 is 0 Å². The first-order valence-electron chi connectivity index (χ1n) is 7.27. The van der Waals surface area contributed by atoms with E-state index < -0.39 is 11.7 Å². The van der Waals surface area contributed by atoms with Crippen molar-refractivity contribution in [3.05, 3.63) is 48.7 Å². The highest BCUT2D eigenvalue weighted by molar-refractivity contribution is 5.92. The molecule has 2 rings (SSSR count). The van der Waals surface area contributed by atoms with Gasteiger partial charge in [-0.1, -0.05) is 30.2 Å². The van der Waals surface area contributed by atoms with Gasteiger partial charge >= 0.3 is 6.09 Å². The molecule has 3 nitrogen and oxygen atoms in total. The van der Waals surface area contributed by atoms with Gasteiger partial charge in [-0.25, -0.2) is 4.79 Å². The predicted molar refractivity (Wildman–Crippen MR) is 90.0 cm³/mol. The van der Waals surface area contributed by atoms with Crippen molar-refractivity contribution in [2.75, 3.05) is 0 Å². The van der Waals surface area contributed by atoms with Gasteiger partial charge in [0.15, 0.2) is 0 Å². The van der Waals surface area contributed by atoms with Crippen LogP contribution in [0.2, 0.25) is 0 Å². The van der Waals surface area contributed by atoms with E-state index in [1.165, 1.54) is 4.57 Å². The summed E-state index contributed by atoms with van der Waals surface area (Å²) in [7, 11) is 0. The lowest BCUT2D eigenvalue weighted by Crippen LogP contribution is -2.26. The Balaban J connectivity index is 2.55. The molecule has 0 aliphatic heterocycles. The second-order valence-corrected chi connectivity index (χ2v) is 6.20. The highest BCUT2D eigenvalue weighted by Gasteiger charge is 2.22. The Bertz CT molecular complexity index is 741. The van der Waals surface area contributed by atoms with Gasteiger partial charge in [0, 0.05) is 11.6 Å². The molecule has 1 heterocycles. The highest BCUT2D eigenvalue weighted by Crippen LogP contribution is 2.30. The molecule has 0 saturated heterocycles. The van der Waals surface area contributed by atoms with Crippen molar-refractivity contribution in [2.24, 2.45) is 0 Å². The van der Waals surface area contributed by atoms with Crippen molar-refractivity contribution < 1.29 is 9.53 Å². The molecule has 0 spiro atoms. The maximum absolute atomic E-state index is 12.4. The van der Waals surface area contributed by atoms with Crippen molar-refractivity contribution in [2.45, 2.75) is 38.7 Å². The van der Waals surface area contributed by atoms with Crippen LogP contribution in [0.4, 0.5) is 4.79 Å². The summed E-state index contributed by atoms with van der Waals surface area (Å²) in [6.45, 7) is 9.29. The molecule has 1 aromatic heterocycles. The lowest BCUT2D eigenvalue weighted by Gasteiger charge is -2.19. The Morgan fingerprint density at radius 2 is 2.14 bits per heavy atom. The minimum absolute atomic E-state index is 0.105. The summed E-state index contributed by atoms with van der Waals surface area (Å²) in [6.07, 6.45) is 9.49. The number of hydrogen-bond donors (Lipinski definition) is 0. The van der Waals surface area contributed by atoms with Crippen LogP contribution in [-0.4, -0.2) is 16.3 Å². The molecule has 2 aromatic rings. The standard InChI is InChI=1S/C19H21NO2/c1-6-10-14(7-2)16-13-20(18(21)22-19(3,4)5)17-12-9-8-11-15(16)17/h2,6,8-9,11-14H,1,10H2,3-5H3. The third-order valence-corrected chi connectivity index (χ3v) is 3.31. The number of carbonyl (C=O) groups is 1. The molecule has 0 N–H and O–H groups in total. The molecule has 0 radical (unpaired) electrons. The van der Waals surface area contributed by atoms with Crippen molar-refractivity contribution >= 4 is 17.0 Å². The molecule has 0 amide bonds. The lowest BCUT2D eigenvalue weighted by atomic mass is 9.96. The van der Waals surface area contributed by atoms with Crippen LogP contribution in [0.25, 0.3) is 10.9 Å². The molecule has 0 aliphatic rings. The van der Waals surface area contributed by atoms with Crippen molar-refractivity contribution in [1.29, 1.82) is 0 Å². The second kappa shape index (κ2) is 6.11. The average molecular weight is 295 g/mol. The fraction of sp³-hybridized carbons (Fsp3) is 0.316. The summed E-state index contributed by atoms with van der Waals surface area (Å²) in [5, 5.41) is 0.971. The molecule has 22 heavy (non-hydrogen) atoms. The van der Waals surface area contributed by atoms with E-state index in [4.69, 9.17) is 11.2 Å². The van der Waals surface area contributed by atoms with E-state index in [0.717, 1.165) is 16.5 Å². The highest BCUT2D eigenvalue weighted by atomic mass is 16.6. The number of hydrogen-bond acceptors (Lipinski definition) is 2. The first-order valence-corrected chi connectivity index (χ1v) is 7.27. The SMILES string of the molecule is C#CC(CC=C)c1cn(C(=O)OC(C)(C)C)c2ccccc12. The third kappa shape index (κ3) is 3.23. The minimum Gasteiger partial charge on any atom is -0.443 e. The monoisotopic (exact) mass is 295 g/mol. The van der Waals surface area contributed by atoms with Crippen LogP contribution in [0, 0.1) is 12.3 Å². The maximum atomic E-state index is 12.4. The van der Waals surface area contributed by atoms with E-state index in [2.05, 4.69) is 12.5 Å². The molecule has 0 aliphatic carbocycles. The largest absolute Gasteiger partial charge is 0.443 e. The number of carbonyl (C=O) groups excluding carboxylic acids is 1. The number of terminal acetylenes is 1. The molecular formula is C19H21NO2. The van der Waals surface area contributed by atoms with Crippen LogP contribution in [0.15, 0.2) is 43.1 Å². The van der Waals surface area contributed by atoms with E-state index in [1.54, 1.807) is 12.3 Å². The van der Waals surface area contributed by atoms with E-state index in [9.17, 15) is 4.79 Å². The normalized spacial score (nSPS) is 12.6. The van der Waals surface area contributed by atoms with Gasteiger partial charge in [0.05, 0.1) is 11.4 Å². The Morgan fingerprint density at radius 3 is 2.73 bits per heavy atom. The third-order valence-electron chi connectivity index (χ3n) is 3.31. The van der Waals surface area contributed by atoms with Gasteiger partial charge in [-0.05, 0) is 38.8 Å². The summed E-state index contributed by atoms with van der Waals surface area (Å²) >= 11 is 0. The number of ether oxygens (including phenoxy) is 1. The topological polar surface area (TPSA) is 31.2 Å². The smallest absolute Gasteiger partial charge is 0.419 e. The van der Waals surface area contributed by atoms with Gasteiger partial charge in [0.1, 0.15) is 5.60 Å². The maximum Gasteiger partial charge on any atom is 0.419 e. The molecule has 1 unspecified atom stereocenters. The molecule has 0 bridgehead atoms. The number of fused-ring (bicyclic) bond motifs is 1. The number of para-hydroxylation sites is 1. The van der Waals surface area contributed by atoms with Gasteiger partial charge in [0.25, 0.3) is 0 Å². The lowest BCUT2D eigenvalue weighted by molar-refractivity contribution is 0.0544. The zero-order valence-corrected chi connectivity index (χ0v) is 13.3. The van der Waals surface area contributed by atoms with Crippen LogP contribution < -0.4 is 0 Å². The number of benzene rings is 1. The Kier molecular flexibility index (Phi) is 4.42. The number of nitrogens with zero attached hydrogens (tertiary/aromatic N) is 1. The number of rotatable bonds is 3. The first-order chi connectivity index (χ1) is 10.4. The zero-order chi connectivity index (χ0) is 16.3. The fourth-order valence-corrected chi connectivity index (χ4v) is 2.40. The molecule has 114 valence electrons. The van der Waals surface area contributed by atoms with Crippen molar-refractivity contribution in [3.8, 4) is 12.3 Å². The van der Waals surface area contributed by atoms with Gasteiger partial charge in [-0.3, -0.25) is 4.57 Å².